The van der Waals surface area contributed by atoms with Crippen molar-refractivity contribution >= 4 is 40.3 Å². The fourth-order valence-electron chi connectivity index (χ4n) is 4.45. The molecule has 36 heavy (non-hydrogen) atoms. The van der Waals surface area contributed by atoms with Gasteiger partial charge in [-0.15, -0.1) is 5.23 Å². The Balaban J connectivity index is 1.23. The molecule has 1 heterocycles. The number of nitrogens with zero attached hydrogens (tertiary/aromatic N) is 4. The maximum atomic E-state index is 12.3. The first-order chi connectivity index (χ1) is 17.4. The van der Waals surface area contributed by atoms with Gasteiger partial charge in [0.1, 0.15) is 5.82 Å². The molecule has 0 saturated heterocycles. The van der Waals surface area contributed by atoms with E-state index in [0.29, 0.717) is 35.4 Å². The van der Waals surface area contributed by atoms with Crippen LogP contribution in [0, 0.1) is 5.92 Å². The third-order valence-electron chi connectivity index (χ3n) is 6.47. The number of rotatable bonds is 9. The van der Waals surface area contributed by atoms with Crippen molar-refractivity contribution in [3.8, 4) is 0 Å². The third kappa shape index (κ3) is 6.50. The zero-order chi connectivity index (χ0) is 25.5. The number of carbonyl (C=O) groups is 1. The van der Waals surface area contributed by atoms with E-state index in [-0.39, 0.29) is 5.91 Å². The molecule has 9 heteroatoms. The van der Waals surface area contributed by atoms with Crippen LogP contribution in [0.4, 0.5) is 17.5 Å². The lowest BCUT2D eigenvalue weighted by atomic mass is 9.86. The van der Waals surface area contributed by atoms with Gasteiger partial charge in [0.25, 0.3) is 0 Å². The monoisotopic (exact) mass is 490 g/mol. The van der Waals surface area contributed by atoms with E-state index in [9.17, 15) is 10.0 Å². The molecule has 0 spiro atoms. The fraction of sp³-hybridized carbons (Fsp3) is 0.370. The summed E-state index contributed by atoms with van der Waals surface area (Å²) in [5.41, 5.74) is 2.30. The molecule has 0 aliphatic heterocycles. The molecule has 0 atom stereocenters. The molecule has 1 amide bonds. The van der Waals surface area contributed by atoms with Gasteiger partial charge in [0.2, 0.25) is 11.9 Å². The molecule has 1 aromatic heterocycles. The van der Waals surface area contributed by atoms with Crippen molar-refractivity contribution in [3.63, 3.8) is 0 Å². The van der Waals surface area contributed by atoms with Crippen LogP contribution in [0.15, 0.2) is 54.6 Å². The summed E-state index contributed by atoms with van der Waals surface area (Å²) in [4.78, 5) is 28.5. The van der Waals surface area contributed by atoms with Gasteiger partial charge in [-0.3, -0.25) is 14.8 Å². The van der Waals surface area contributed by atoms with E-state index < -0.39 is 0 Å². The topological polar surface area (TPSA) is 103 Å². The quantitative estimate of drug-likeness (QED) is 0.302. The first-order valence-electron chi connectivity index (χ1n) is 12.2. The Morgan fingerprint density at radius 2 is 1.81 bits per heavy atom. The van der Waals surface area contributed by atoms with Gasteiger partial charge in [-0.05, 0) is 67.5 Å². The van der Waals surface area contributed by atoms with Crippen LogP contribution in [0.2, 0.25) is 0 Å². The molecule has 3 aromatic rings. The Labute approximate surface area is 211 Å². The van der Waals surface area contributed by atoms with E-state index in [0.717, 1.165) is 48.0 Å². The summed E-state index contributed by atoms with van der Waals surface area (Å²) >= 11 is 0. The molecule has 0 radical (unpaired) electrons. The highest BCUT2D eigenvalue weighted by atomic mass is 16.9. The minimum Gasteiger partial charge on any atom is -0.362 e. The number of para-hydroxylation sites is 1. The Kier molecular flexibility index (Phi) is 8.35. The number of aromatic nitrogens is 2. The number of anilines is 3. The minimum absolute atomic E-state index is 0.110. The molecular weight excluding hydrogens is 456 g/mol. The second kappa shape index (κ2) is 11.8. The summed E-state index contributed by atoms with van der Waals surface area (Å²) in [7, 11) is 5.37. The lowest BCUT2D eigenvalue weighted by Crippen LogP contribution is -2.33. The highest BCUT2D eigenvalue weighted by Crippen LogP contribution is 2.28. The largest absolute Gasteiger partial charge is 0.362 e. The minimum atomic E-state index is -0.110. The molecule has 0 unspecified atom stereocenters. The number of fused-ring (bicyclic) bond motifs is 1. The average Bonchev–Trinajstić information content (AvgIpc) is 2.90. The van der Waals surface area contributed by atoms with E-state index >= 15 is 0 Å². The molecular formula is C27H34N6O3. The summed E-state index contributed by atoms with van der Waals surface area (Å²) in [5, 5.41) is 17.8. The van der Waals surface area contributed by atoms with Crippen molar-refractivity contribution in [3.05, 3.63) is 60.2 Å². The van der Waals surface area contributed by atoms with Crippen LogP contribution in [0.3, 0.4) is 0 Å². The molecule has 1 saturated carbocycles. The Bertz CT molecular complexity index is 1190. The van der Waals surface area contributed by atoms with Gasteiger partial charge < -0.3 is 15.5 Å². The maximum Gasteiger partial charge on any atom is 0.244 e. The van der Waals surface area contributed by atoms with Gasteiger partial charge in [0.15, 0.2) is 0 Å². The molecule has 1 fully saturated rings. The van der Waals surface area contributed by atoms with Crippen molar-refractivity contribution in [2.45, 2.75) is 31.7 Å². The Hall–Kier alpha value is -3.69. The van der Waals surface area contributed by atoms with Crippen LogP contribution in [-0.4, -0.2) is 54.9 Å². The summed E-state index contributed by atoms with van der Waals surface area (Å²) < 4.78 is 0. The van der Waals surface area contributed by atoms with E-state index in [4.69, 9.17) is 14.8 Å². The van der Waals surface area contributed by atoms with Gasteiger partial charge in [0.05, 0.1) is 18.3 Å². The normalized spacial score (nSPS) is 17.8. The standard InChI is InChI=1S/C27H34N6O3/c1-32(2)26-23-6-4-5-7-24(23)30-27(31-26)29-21-13-8-20(9-14-21)18-28-25(34)17-12-19-10-15-22(16-11-19)33(35)36-3/h4-7,10-12,15-17,20-21,35H,8-9,13-14,18H2,1-3H3,(H,28,34)(H,29,30,31)/b17-12+. The van der Waals surface area contributed by atoms with E-state index in [1.165, 1.54) is 13.2 Å². The molecule has 1 aliphatic carbocycles. The lowest BCUT2D eigenvalue weighted by Gasteiger charge is -2.29. The van der Waals surface area contributed by atoms with Crippen LogP contribution >= 0.6 is 0 Å². The predicted octanol–water partition coefficient (Wildman–Crippen LogP) is 4.25. The van der Waals surface area contributed by atoms with E-state index in [2.05, 4.69) is 10.6 Å². The van der Waals surface area contributed by atoms with Crippen molar-refractivity contribution < 1.29 is 14.8 Å². The molecule has 9 nitrogen and oxygen atoms in total. The maximum absolute atomic E-state index is 12.3. The van der Waals surface area contributed by atoms with Crippen molar-refractivity contribution in [1.29, 1.82) is 0 Å². The summed E-state index contributed by atoms with van der Waals surface area (Å²) in [6.45, 7) is 0.666. The number of nitrogens with one attached hydrogen (secondary N) is 2. The highest BCUT2D eigenvalue weighted by Gasteiger charge is 2.22. The van der Waals surface area contributed by atoms with Gasteiger partial charge in [0, 0.05) is 38.1 Å². The summed E-state index contributed by atoms with van der Waals surface area (Å²) in [5.74, 6) is 1.93. The molecule has 2 aromatic carbocycles. The predicted molar refractivity (Wildman–Crippen MR) is 143 cm³/mol. The zero-order valence-electron chi connectivity index (χ0n) is 21.0. The Morgan fingerprint density at radius 3 is 2.50 bits per heavy atom. The molecule has 1 aliphatic rings. The van der Waals surface area contributed by atoms with E-state index in [1.54, 1.807) is 30.3 Å². The van der Waals surface area contributed by atoms with Gasteiger partial charge in [-0.2, -0.15) is 4.98 Å². The van der Waals surface area contributed by atoms with Crippen LogP contribution < -0.4 is 20.8 Å². The third-order valence-corrected chi connectivity index (χ3v) is 6.47. The molecule has 4 rings (SSSR count). The fourth-order valence-corrected chi connectivity index (χ4v) is 4.45. The van der Waals surface area contributed by atoms with Crippen LogP contribution in [0.1, 0.15) is 31.2 Å². The summed E-state index contributed by atoms with van der Waals surface area (Å²) in [6, 6.07) is 15.4. The second-order valence-electron chi connectivity index (χ2n) is 9.27. The lowest BCUT2D eigenvalue weighted by molar-refractivity contribution is -0.116. The number of amides is 1. The molecule has 3 N–H and O–H groups in total. The smallest absolute Gasteiger partial charge is 0.244 e. The highest BCUT2D eigenvalue weighted by molar-refractivity contribution is 5.92. The van der Waals surface area contributed by atoms with Crippen LogP contribution in [0.5, 0.6) is 0 Å². The van der Waals surface area contributed by atoms with Crippen LogP contribution in [0.25, 0.3) is 17.0 Å². The van der Waals surface area contributed by atoms with E-state index in [1.807, 2.05) is 43.3 Å². The van der Waals surface area contributed by atoms with Gasteiger partial charge in [-0.25, -0.2) is 4.98 Å². The Morgan fingerprint density at radius 1 is 1.08 bits per heavy atom. The van der Waals surface area contributed by atoms with Crippen LogP contribution in [-0.2, 0) is 9.63 Å². The van der Waals surface area contributed by atoms with Crippen molar-refractivity contribution in [2.24, 2.45) is 5.92 Å². The molecule has 0 bridgehead atoms. The van der Waals surface area contributed by atoms with Gasteiger partial charge >= 0.3 is 0 Å². The SMILES string of the molecule is CON(O)c1ccc(/C=C/C(=O)NCC2CCC(Nc3nc(N(C)C)c4ccccc4n3)CC2)cc1. The second-order valence-corrected chi connectivity index (χ2v) is 9.27. The van der Waals surface area contributed by atoms with Crippen molar-refractivity contribution in [1.82, 2.24) is 15.3 Å². The number of hydrogen-bond donors (Lipinski definition) is 3. The first-order valence-corrected chi connectivity index (χ1v) is 12.2. The first kappa shape index (κ1) is 25.4. The zero-order valence-corrected chi connectivity index (χ0v) is 21.0. The summed E-state index contributed by atoms with van der Waals surface area (Å²) in [6.07, 6.45) is 7.39. The number of hydrogen-bond acceptors (Lipinski definition) is 8. The molecule has 190 valence electrons. The number of benzene rings is 2. The average molecular weight is 491 g/mol. The van der Waals surface area contributed by atoms with Crippen molar-refractivity contribution in [2.75, 3.05) is 43.2 Å². The number of carbonyl (C=O) groups excluding carboxylic acids is 1. The van der Waals surface area contributed by atoms with Gasteiger partial charge in [-0.1, -0.05) is 24.3 Å².